The highest BCUT2D eigenvalue weighted by atomic mass is 35.5. The smallest absolute Gasteiger partial charge is 0.275 e. The fourth-order valence-corrected chi connectivity index (χ4v) is 3.80. The van der Waals surface area contributed by atoms with Crippen molar-refractivity contribution in [2.45, 2.75) is 19.3 Å². The second kappa shape index (κ2) is 8.16. The van der Waals surface area contributed by atoms with Crippen molar-refractivity contribution in [3.05, 3.63) is 51.5 Å². The van der Waals surface area contributed by atoms with E-state index in [4.69, 9.17) is 16.3 Å². The molecule has 0 aliphatic carbocycles. The minimum Gasteiger partial charge on any atom is -0.495 e. The molecule has 8 heteroatoms. The average molecular weight is 400 g/mol. The second-order valence-corrected chi connectivity index (χ2v) is 7.30. The molecule has 0 radical (unpaired) electrons. The molecule has 3 heterocycles. The van der Waals surface area contributed by atoms with Gasteiger partial charge in [0.2, 0.25) is 0 Å². The number of aromatic amines is 1. The van der Waals surface area contributed by atoms with Crippen LogP contribution in [0, 0.1) is 0 Å². The number of hydrogen-bond donors (Lipinski definition) is 2. The van der Waals surface area contributed by atoms with E-state index >= 15 is 0 Å². The molecule has 1 aliphatic heterocycles. The van der Waals surface area contributed by atoms with E-state index in [-0.39, 0.29) is 10.7 Å². The normalized spacial score (nSPS) is 14.5. The molecule has 1 saturated heterocycles. The number of nitrogens with zero attached hydrogens (tertiary/aromatic N) is 3. The van der Waals surface area contributed by atoms with E-state index in [1.807, 2.05) is 12.1 Å². The van der Waals surface area contributed by atoms with Crippen molar-refractivity contribution in [2.75, 3.05) is 32.1 Å². The lowest BCUT2D eigenvalue weighted by atomic mass is 10.1. The summed E-state index contributed by atoms with van der Waals surface area (Å²) < 4.78 is 5.57. The molecular weight excluding hydrogens is 378 g/mol. The van der Waals surface area contributed by atoms with Crippen LogP contribution in [0.2, 0.25) is 5.15 Å². The predicted molar refractivity (Wildman–Crippen MR) is 111 cm³/mol. The number of aromatic nitrogens is 3. The number of nitrogens with one attached hydrogen (secondary N) is 2. The third-order valence-electron chi connectivity index (χ3n) is 5.05. The van der Waals surface area contributed by atoms with Gasteiger partial charge in [-0.2, -0.15) is 5.10 Å². The zero-order chi connectivity index (χ0) is 19.5. The van der Waals surface area contributed by atoms with Crippen LogP contribution in [0.5, 0.6) is 5.75 Å². The monoisotopic (exact) mass is 399 g/mol. The third-order valence-corrected chi connectivity index (χ3v) is 5.24. The van der Waals surface area contributed by atoms with Gasteiger partial charge in [-0.15, -0.1) is 0 Å². The fourth-order valence-electron chi connectivity index (χ4n) is 3.59. The summed E-state index contributed by atoms with van der Waals surface area (Å²) in [5.74, 6) is 1.06. The average Bonchev–Trinajstić information content (AvgIpc) is 3.20. The lowest BCUT2D eigenvalue weighted by molar-refractivity contribution is 0.343. The number of halogens is 1. The summed E-state index contributed by atoms with van der Waals surface area (Å²) in [4.78, 5) is 19.0. The first-order valence-corrected chi connectivity index (χ1v) is 9.72. The zero-order valence-corrected chi connectivity index (χ0v) is 16.4. The second-order valence-electron chi connectivity index (χ2n) is 6.92. The molecule has 0 unspecified atom stereocenters. The Kier molecular flexibility index (Phi) is 5.45. The van der Waals surface area contributed by atoms with Crippen molar-refractivity contribution < 1.29 is 4.74 Å². The number of fused-ring (bicyclic) bond motifs is 1. The molecule has 146 valence electrons. The predicted octanol–water partition coefficient (Wildman–Crippen LogP) is 3.36. The molecular formula is C20H22ClN5O2. The Hall–Kier alpha value is -2.64. The van der Waals surface area contributed by atoms with Gasteiger partial charge in [-0.1, -0.05) is 17.7 Å². The number of benzene rings is 1. The van der Waals surface area contributed by atoms with Crippen LogP contribution in [0.4, 0.5) is 11.5 Å². The van der Waals surface area contributed by atoms with E-state index in [9.17, 15) is 4.79 Å². The molecule has 0 bridgehead atoms. The minimum absolute atomic E-state index is 0.281. The summed E-state index contributed by atoms with van der Waals surface area (Å²) in [6, 6.07) is 7.65. The van der Waals surface area contributed by atoms with E-state index < -0.39 is 0 Å². The van der Waals surface area contributed by atoms with E-state index in [0.29, 0.717) is 22.3 Å². The van der Waals surface area contributed by atoms with Crippen LogP contribution in [0.15, 0.2) is 35.3 Å². The highest BCUT2D eigenvalue weighted by molar-refractivity contribution is 6.30. The lowest BCUT2D eigenvalue weighted by Crippen LogP contribution is -2.21. The van der Waals surface area contributed by atoms with Crippen molar-refractivity contribution in [3.63, 3.8) is 0 Å². The summed E-state index contributed by atoms with van der Waals surface area (Å²) in [5, 5.41) is 10.8. The van der Waals surface area contributed by atoms with Crippen LogP contribution in [0.25, 0.3) is 10.8 Å². The molecule has 4 rings (SSSR count). The number of H-pyrrole nitrogens is 1. The van der Waals surface area contributed by atoms with Gasteiger partial charge in [0.25, 0.3) is 5.56 Å². The Balaban J connectivity index is 1.61. The SMILES string of the molecule is COc1cc(CCN2CCCC2)ccc1Nc1nc(Cl)cc2cn[nH]c(=O)c12. The number of likely N-dealkylation sites (tertiary alicyclic amines) is 1. The largest absolute Gasteiger partial charge is 0.495 e. The first-order valence-electron chi connectivity index (χ1n) is 9.34. The fraction of sp³-hybridized carbons (Fsp3) is 0.350. The molecule has 0 atom stereocenters. The number of anilines is 2. The van der Waals surface area contributed by atoms with Gasteiger partial charge in [0.05, 0.1) is 24.4 Å². The highest BCUT2D eigenvalue weighted by Crippen LogP contribution is 2.31. The third kappa shape index (κ3) is 3.95. The van der Waals surface area contributed by atoms with Crippen LogP contribution in [-0.2, 0) is 6.42 Å². The Morgan fingerprint density at radius 2 is 2.11 bits per heavy atom. The van der Waals surface area contributed by atoms with Crippen molar-refractivity contribution in [3.8, 4) is 5.75 Å². The highest BCUT2D eigenvalue weighted by Gasteiger charge is 2.14. The number of pyridine rings is 1. The van der Waals surface area contributed by atoms with E-state index in [2.05, 4.69) is 31.5 Å². The molecule has 1 fully saturated rings. The van der Waals surface area contributed by atoms with Gasteiger partial charge in [0, 0.05) is 11.9 Å². The van der Waals surface area contributed by atoms with Crippen molar-refractivity contribution >= 4 is 33.9 Å². The van der Waals surface area contributed by atoms with Gasteiger partial charge in [-0.25, -0.2) is 10.1 Å². The summed E-state index contributed by atoms with van der Waals surface area (Å²) in [5.41, 5.74) is 1.60. The first kappa shape index (κ1) is 18.7. The van der Waals surface area contributed by atoms with E-state index in [1.165, 1.54) is 31.5 Å². The molecule has 3 aromatic rings. The quantitative estimate of drug-likeness (QED) is 0.618. The van der Waals surface area contributed by atoms with E-state index in [0.717, 1.165) is 18.7 Å². The summed E-state index contributed by atoms with van der Waals surface area (Å²) >= 11 is 6.12. The zero-order valence-electron chi connectivity index (χ0n) is 15.7. The van der Waals surface area contributed by atoms with Crippen molar-refractivity contribution in [2.24, 2.45) is 0 Å². The van der Waals surface area contributed by atoms with E-state index in [1.54, 1.807) is 19.4 Å². The number of methoxy groups -OCH3 is 1. The number of hydrogen-bond acceptors (Lipinski definition) is 6. The molecule has 1 aromatic carbocycles. The number of rotatable bonds is 6. The Labute approximate surface area is 167 Å². The maximum atomic E-state index is 12.2. The molecule has 0 spiro atoms. The van der Waals surface area contributed by atoms with Crippen LogP contribution in [0.1, 0.15) is 18.4 Å². The molecule has 1 aliphatic rings. The molecule has 7 nitrogen and oxygen atoms in total. The topological polar surface area (TPSA) is 83.1 Å². The van der Waals surface area contributed by atoms with Crippen LogP contribution in [0.3, 0.4) is 0 Å². The Morgan fingerprint density at radius 3 is 2.89 bits per heavy atom. The molecule has 2 N–H and O–H groups in total. The molecule has 0 amide bonds. The Bertz CT molecular complexity index is 1050. The van der Waals surface area contributed by atoms with Gasteiger partial charge >= 0.3 is 0 Å². The van der Waals surface area contributed by atoms with Crippen molar-refractivity contribution in [1.82, 2.24) is 20.1 Å². The van der Waals surface area contributed by atoms with Gasteiger partial charge < -0.3 is 15.0 Å². The van der Waals surface area contributed by atoms with Crippen LogP contribution < -0.4 is 15.6 Å². The summed E-state index contributed by atoms with van der Waals surface area (Å²) in [6.45, 7) is 3.43. The lowest BCUT2D eigenvalue weighted by Gasteiger charge is -2.16. The van der Waals surface area contributed by atoms with Crippen molar-refractivity contribution in [1.29, 1.82) is 0 Å². The number of ether oxygens (including phenoxy) is 1. The van der Waals surface area contributed by atoms with Crippen LogP contribution >= 0.6 is 11.6 Å². The van der Waals surface area contributed by atoms with Crippen LogP contribution in [-0.4, -0.2) is 46.8 Å². The van der Waals surface area contributed by atoms with Gasteiger partial charge in [0.15, 0.2) is 0 Å². The molecule has 0 saturated carbocycles. The molecule has 28 heavy (non-hydrogen) atoms. The standard InChI is InChI=1S/C20H22ClN5O2/c1-28-16-10-13(6-9-26-7-2-3-8-26)4-5-15(16)23-19-18-14(11-17(21)24-19)12-22-25-20(18)27/h4-5,10-12H,2-3,6-9H2,1H3,(H,23,24)(H,25,27). The maximum absolute atomic E-state index is 12.2. The molecule has 2 aromatic heterocycles. The first-order chi connectivity index (χ1) is 13.6. The Morgan fingerprint density at radius 1 is 1.29 bits per heavy atom. The maximum Gasteiger partial charge on any atom is 0.275 e. The van der Waals surface area contributed by atoms with Gasteiger partial charge in [-0.3, -0.25) is 4.79 Å². The summed E-state index contributed by atoms with van der Waals surface area (Å²) in [6.07, 6.45) is 5.11. The summed E-state index contributed by atoms with van der Waals surface area (Å²) in [7, 11) is 1.63. The van der Waals surface area contributed by atoms with Gasteiger partial charge in [0.1, 0.15) is 16.7 Å². The minimum atomic E-state index is -0.328. The van der Waals surface area contributed by atoms with Gasteiger partial charge in [-0.05, 0) is 56.1 Å².